The molecule has 3 heterocycles. The first kappa shape index (κ1) is 22.2. The topological polar surface area (TPSA) is 132 Å². The molecule has 0 radical (unpaired) electrons. The Bertz CT molecular complexity index is 1700. The number of nitrogens with one attached hydrogen (secondary N) is 1. The van der Waals surface area contributed by atoms with E-state index in [-0.39, 0.29) is 16.4 Å². The molecular weight excluding hydrogens is 496 g/mol. The predicted molar refractivity (Wildman–Crippen MR) is 132 cm³/mol. The van der Waals surface area contributed by atoms with Crippen molar-refractivity contribution in [2.45, 2.75) is 4.90 Å². The highest BCUT2D eigenvalue weighted by Crippen LogP contribution is 2.38. The molecule has 5 aromatic rings. The van der Waals surface area contributed by atoms with Crippen LogP contribution in [-0.2, 0) is 10.0 Å². The normalized spacial score (nSPS) is 11.6. The quantitative estimate of drug-likeness (QED) is 0.366. The first-order valence-corrected chi connectivity index (χ1v) is 12.5. The van der Waals surface area contributed by atoms with Gasteiger partial charge >= 0.3 is 0 Å². The van der Waals surface area contributed by atoms with E-state index >= 15 is 0 Å². The first-order valence-electron chi connectivity index (χ1n) is 9.79. The number of anilines is 2. The molecule has 0 aliphatic carbocycles. The number of primary sulfonamides is 1. The summed E-state index contributed by atoms with van der Waals surface area (Å²) in [6.07, 6.45) is 3.04. The molecule has 0 bridgehead atoms. The summed E-state index contributed by atoms with van der Waals surface area (Å²) in [6.45, 7) is 0. The van der Waals surface area contributed by atoms with E-state index in [1.165, 1.54) is 40.1 Å². The van der Waals surface area contributed by atoms with Gasteiger partial charge in [-0.25, -0.2) is 28.5 Å². The predicted octanol–water partition coefficient (Wildman–Crippen LogP) is 3.92. The van der Waals surface area contributed by atoms with Crippen LogP contribution in [0.15, 0.2) is 82.7 Å². The average molecular weight is 511 g/mol. The Morgan fingerprint density at radius 3 is 2.53 bits per heavy atom. The third-order valence-corrected chi connectivity index (χ3v) is 7.11. The van der Waals surface area contributed by atoms with E-state index in [1.54, 1.807) is 36.5 Å². The standard InChI is InChI=1S/C22H15ClN6O3S2/c23-14-6-4-13(5-7-14)19-20(33-22-26-11-9-18(30)29(19)22)17-8-10-25-21(28-17)27-15-2-1-3-16(12-15)34(24,31)32/h1-12H,(H2,24,31,32)(H,25,27,28). The average Bonchev–Trinajstić information content (AvgIpc) is 3.20. The van der Waals surface area contributed by atoms with E-state index in [2.05, 4.69) is 20.3 Å². The molecule has 0 unspecified atom stereocenters. The highest BCUT2D eigenvalue weighted by Gasteiger charge is 2.19. The number of aromatic nitrogens is 4. The molecule has 0 atom stereocenters. The second-order valence-electron chi connectivity index (χ2n) is 7.15. The third kappa shape index (κ3) is 4.29. The van der Waals surface area contributed by atoms with Crippen LogP contribution in [0.25, 0.3) is 26.8 Å². The lowest BCUT2D eigenvalue weighted by atomic mass is 10.1. The molecule has 0 saturated carbocycles. The number of fused-ring (bicyclic) bond motifs is 1. The van der Waals surface area contributed by atoms with Crippen LogP contribution in [0.4, 0.5) is 11.6 Å². The fourth-order valence-corrected chi connectivity index (χ4v) is 5.16. The summed E-state index contributed by atoms with van der Waals surface area (Å²) in [5, 5.41) is 8.80. The fraction of sp³-hybridized carbons (Fsp3) is 0. The monoisotopic (exact) mass is 510 g/mol. The van der Waals surface area contributed by atoms with Crippen molar-refractivity contribution in [1.82, 2.24) is 19.4 Å². The molecule has 0 aliphatic rings. The number of nitrogens with zero attached hydrogens (tertiary/aromatic N) is 4. The SMILES string of the molecule is NS(=O)(=O)c1cccc(Nc2nccc(-c3sc4nccc(=O)n4c3-c3ccc(Cl)cc3)n2)c1. The molecule has 5 rings (SSSR count). The Labute approximate surface area is 202 Å². The summed E-state index contributed by atoms with van der Waals surface area (Å²) in [6, 6.07) is 16.3. The third-order valence-electron chi connectivity index (χ3n) is 4.87. The molecule has 34 heavy (non-hydrogen) atoms. The number of nitrogens with two attached hydrogens (primary N) is 1. The zero-order valence-corrected chi connectivity index (χ0v) is 19.6. The van der Waals surface area contributed by atoms with Crippen LogP contribution in [0.3, 0.4) is 0 Å². The van der Waals surface area contributed by atoms with Crippen molar-refractivity contribution in [2.24, 2.45) is 5.14 Å². The molecule has 3 N–H and O–H groups in total. The van der Waals surface area contributed by atoms with Crippen molar-refractivity contribution in [2.75, 3.05) is 5.32 Å². The number of benzene rings is 2. The van der Waals surface area contributed by atoms with Crippen LogP contribution in [0.1, 0.15) is 0 Å². The van der Waals surface area contributed by atoms with Gasteiger partial charge < -0.3 is 5.32 Å². The van der Waals surface area contributed by atoms with Gasteiger partial charge in [0, 0.05) is 34.7 Å². The van der Waals surface area contributed by atoms with Crippen molar-refractivity contribution in [3.8, 4) is 21.8 Å². The number of rotatable bonds is 5. The molecule has 0 amide bonds. The molecule has 3 aromatic heterocycles. The molecular formula is C22H15ClN6O3S2. The van der Waals surface area contributed by atoms with E-state index in [4.69, 9.17) is 16.7 Å². The van der Waals surface area contributed by atoms with Crippen molar-refractivity contribution in [3.63, 3.8) is 0 Å². The maximum atomic E-state index is 12.7. The lowest BCUT2D eigenvalue weighted by Crippen LogP contribution is -2.12. The Morgan fingerprint density at radius 2 is 1.76 bits per heavy atom. The minimum absolute atomic E-state index is 0.0337. The van der Waals surface area contributed by atoms with Crippen LogP contribution >= 0.6 is 22.9 Å². The van der Waals surface area contributed by atoms with E-state index < -0.39 is 10.0 Å². The molecule has 0 fully saturated rings. The molecule has 0 spiro atoms. The van der Waals surface area contributed by atoms with Gasteiger partial charge in [-0.2, -0.15) is 0 Å². The van der Waals surface area contributed by atoms with Gasteiger partial charge in [-0.3, -0.25) is 9.20 Å². The number of thiazole rings is 1. The Kier molecular flexibility index (Phi) is 5.62. The van der Waals surface area contributed by atoms with Crippen LogP contribution in [0.2, 0.25) is 5.02 Å². The Hall–Kier alpha value is -3.64. The zero-order valence-electron chi connectivity index (χ0n) is 17.2. The molecule has 12 heteroatoms. The molecule has 0 saturated heterocycles. The number of hydrogen-bond donors (Lipinski definition) is 2. The van der Waals surface area contributed by atoms with Gasteiger partial charge in [0.2, 0.25) is 16.0 Å². The largest absolute Gasteiger partial charge is 0.324 e. The van der Waals surface area contributed by atoms with E-state index in [0.717, 1.165) is 5.56 Å². The first-order chi connectivity index (χ1) is 16.3. The van der Waals surface area contributed by atoms with Crippen LogP contribution in [0.5, 0.6) is 0 Å². The van der Waals surface area contributed by atoms with Gasteiger partial charge in [0.1, 0.15) is 0 Å². The second-order valence-corrected chi connectivity index (χ2v) is 10.1. The molecule has 2 aromatic carbocycles. The van der Waals surface area contributed by atoms with E-state index in [0.29, 0.717) is 31.9 Å². The summed E-state index contributed by atoms with van der Waals surface area (Å²) in [4.78, 5) is 27.1. The van der Waals surface area contributed by atoms with Gasteiger partial charge in [0.05, 0.1) is 21.2 Å². The highest BCUT2D eigenvalue weighted by molar-refractivity contribution is 7.89. The summed E-state index contributed by atoms with van der Waals surface area (Å²) >= 11 is 7.38. The van der Waals surface area contributed by atoms with Crippen LogP contribution in [-0.4, -0.2) is 27.8 Å². The smallest absolute Gasteiger partial charge is 0.258 e. The van der Waals surface area contributed by atoms with Gasteiger partial charge in [0.15, 0.2) is 4.96 Å². The highest BCUT2D eigenvalue weighted by atomic mass is 35.5. The van der Waals surface area contributed by atoms with E-state index in [9.17, 15) is 13.2 Å². The molecule has 170 valence electrons. The maximum Gasteiger partial charge on any atom is 0.258 e. The second kappa shape index (κ2) is 8.61. The number of halogens is 1. The maximum absolute atomic E-state index is 12.7. The fourth-order valence-electron chi connectivity index (χ4n) is 3.38. The number of sulfonamides is 1. The zero-order chi connectivity index (χ0) is 23.9. The number of hydrogen-bond acceptors (Lipinski definition) is 8. The van der Waals surface area contributed by atoms with E-state index in [1.807, 2.05) is 12.1 Å². The summed E-state index contributed by atoms with van der Waals surface area (Å²) < 4.78 is 24.9. The van der Waals surface area contributed by atoms with Gasteiger partial charge in [0.25, 0.3) is 5.56 Å². The van der Waals surface area contributed by atoms with Gasteiger partial charge in [-0.05, 0) is 36.4 Å². The summed E-state index contributed by atoms with van der Waals surface area (Å²) in [5.41, 5.74) is 2.20. The summed E-state index contributed by atoms with van der Waals surface area (Å²) in [5.74, 6) is 0.240. The van der Waals surface area contributed by atoms with Crippen LogP contribution in [0, 0.1) is 0 Å². The van der Waals surface area contributed by atoms with Crippen molar-refractivity contribution < 1.29 is 8.42 Å². The minimum atomic E-state index is -3.85. The lowest BCUT2D eigenvalue weighted by molar-refractivity contribution is 0.598. The van der Waals surface area contributed by atoms with Crippen molar-refractivity contribution >= 4 is 49.6 Å². The van der Waals surface area contributed by atoms with Crippen LogP contribution < -0.4 is 16.0 Å². The van der Waals surface area contributed by atoms with Crippen molar-refractivity contribution in [3.05, 3.63) is 88.4 Å². The Morgan fingerprint density at radius 1 is 1.00 bits per heavy atom. The minimum Gasteiger partial charge on any atom is -0.324 e. The van der Waals surface area contributed by atoms with Crippen molar-refractivity contribution in [1.29, 1.82) is 0 Å². The van der Waals surface area contributed by atoms with Gasteiger partial charge in [-0.1, -0.05) is 41.1 Å². The lowest BCUT2D eigenvalue weighted by Gasteiger charge is -2.09. The Balaban J connectivity index is 1.63. The van der Waals surface area contributed by atoms with Gasteiger partial charge in [-0.15, -0.1) is 0 Å². The molecule has 9 nitrogen and oxygen atoms in total. The molecule has 0 aliphatic heterocycles. The summed E-state index contributed by atoms with van der Waals surface area (Å²) in [7, 11) is -3.85.